The Kier molecular flexibility index (Phi) is 6.28. The maximum atomic E-state index is 11.5. The molecule has 0 unspecified atom stereocenters. The van der Waals surface area contributed by atoms with Crippen LogP contribution < -0.4 is 11.1 Å². The molecule has 4 nitrogen and oxygen atoms in total. The zero-order valence-corrected chi connectivity index (χ0v) is 11.9. The first-order valence-electron chi connectivity index (χ1n) is 6.38. The number of ether oxygens (including phenoxy) is 1. The van der Waals surface area contributed by atoms with E-state index in [1.165, 1.54) is 12.8 Å². The van der Waals surface area contributed by atoms with Crippen LogP contribution in [0.15, 0.2) is 24.3 Å². The molecule has 1 aliphatic carbocycles. The summed E-state index contributed by atoms with van der Waals surface area (Å²) in [5, 5.41) is 2.77. The molecular weight excluding hydrogens is 264 g/mol. The number of nitrogens with two attached hydrogens (primary N) is 1. The fourth-order valence-corrected chi connectivity index (χ4v) is 1.62. The second kappa shape index (κ2) is 7.48. The minimum absolute atomic E-state index is 0. The van der Waals surface area contributed by atoms with Gasteiger partial charge in [-0.3, -0.25) is 4.79 Å². The fourth-order valence-electron chi connectivity index (χ4n) is 1.62. The van der Waals surface area contributed by atoms with Crippen molar-refractivity contribution in [2.75, 3.05) is 11.9 Å². The third-order valence-corrected chi connectivity index (χ3v) is 2.93. The van der Waals surface area contributed by atoms with Crippen molar-refractivity contribution in [1.29, 1.82) is 0 Å². The van der Waals surface area contributed by atoms with Gasteiger partial charge in [-0.15, -0.1) is 12.4 Å². The molecule has 1 fully saturated rings. The number of amides is 1. The Labute approximate surface area is 120 Å². The van der Waals surface area contributed by atoms with Crippen LogP contribution in [0.25, 0.3) is 0 Å². The first-order valence-corrected chi connectivity index (χ1v) is 6.38. The first-order chi connectivity index (χ1) is 8.65. The molecule has 0 aliphatic heterocycles. The zero-order chi connectivity index (χ0) is 13.0. The van der Waals surface area contributed by atoms with Gasteiger partial charge in [0.25, 0.3) is 0 Å². The normalized spacial score (nSPS) is 15.5. The Morgan fingerprint density at radius 2 is 2.26 bits per heavy atom. The molecule has 3 N–H and O–H groups in total. The van der Waals surface area contributed by atoms with Crippen molar-refractivity contribution in [1.82, 2.24) is 0 Å². The monoisotopic (exact) mass is 284 g/mol. The van der Waals surface area contributed by atoms with E-state index in [-0.39, 0.29) is 18.3 Å². The van der Waals surface area contributed by atoms with E-state index in [2.05, 4.69) is 5.32 Å². The highest BCUT2D eigenvalue weighted by Gasteiger charge is 2.21. The van der Waals surface area contributed by atoms with Gasteiger partial charge in [0, 0.05) is 12.3 Å². The molecule has 1 amide bonds. The predicted octanol–water partition coefficient (Wildman–Crippen LogP) is 2.32. The lowest BCUT2D eigenvalue weighted by Gasteiger charge is -2.09. The molecule has 0 heterocycles. The number of carbonyl (C=O) groups is 1. The van der Waals surface area contributed by atoms with Crippen LogP contribution in [0.2, 0.25) is 0 Å². The summed E-state index contributed by atoms with van der Waals surface area (Å²) in [7, 11) is 0. The Balaban J connectivity index is 0.00000180. The molecule has 1 saturated carbocycles. The molecule has 0 aromatic heterocycles. The van der Waals surface area contributed by atoms with Crippen molar-refractivity contribution in [2.45, 2.75) is 32.4 Å². The highest BCUT2D eigenvalue weighted by Crippen LogP contribution is 2.29. The van der Waals surface area contributed by atoms with E-state index in [4.69, 9.17) is 10.5 Å². The molecule has 106 valence electrons. The number of halogens is 1. The van der Waals surface area contributed by atoms with Crippen molar-refractivity contribution in [3.05, 3.63) is 29.8 Å². The van der Waals surface area contributed by atoms with Crippen LogP contribution >= 0.6 is 12.4 Å². The summed E-state index contributed by atoms with van der Waals surface area (Å²) in [4.78, 5) is 11.5. The van der Waals surface area contributed by atoms with Crippen LogP contribution in [0.4, 0.5) is 5.69 Å². The summed E-state index contributed by atoms with van der Waals surface area (Å²) >= 11 is 0. The predicted molar refractivity (Wildman–Crippen MR) is 78.3 cm³/mol. The fraction of sp³-hybridized carbons (Fsp3) is 0.500. The van der Waals surface area contributed by atoms with E-state index in [0.717, 1.165) is 23.8 Å². The Hall–Kier alpha value is -1.10. The van der Waals surface area contributed by atoms with Crippen LogP contribution in [0.5, 0.6) is 0 Å². The van der Waals surface area contributed by atoms with Gasteiger partial charge in [0.05, 0.1) is 12.6 Å². The van der Waals surface area contributed by atoms with Gasteiger partial charge in [-0.2, -0.15) is 0 Å². The number of hydrogen-bond donors (Lipinski definition) is 2. The van der Waals surface area contributed by atoms with Gasteiger partial charge in [-0.05, 0) is 43.4 Å². The standard InChI is InChI=1S/C14H20N2O2.ClH/c1-10(15)14(17)16-13-4-2-3-12(7-13)9-18-8-11-5-6-11;/h2-4,7,10-11H,5-6,8-9,15H2,1H3,(H,16,17);1H/t10-;/m1./s1. The minimum Gasteiger partial charge on any atom is -0.376 e. The lowest BCUT2D eigenvalue weighted by Crippen LogP contribution is -2.32. The van der Waals surface area contributed by atoms with Gasteiger partial charge < -0.3 is 15.8 Å². The molecular formula is C14H21ClN2O2. The lowest BCUT2D eigenvalue weighted by atomic mass is 10.2. The summed E-state index contributed by atoms with van der Waals surface area (Å²) in [6.07, 6.45) is 2.59. The maximum Gasteiger partial charge on any atom is 0.240 e. The van der Waals surface area contributed by atoms with E-state index < -0.39 is 6.04 Å². The lowest BCUT2D eigenvalue weighted by molar-refractivity contribution is -0.117. The van der Waals surface area contributed by atoms with Crippen molar-refractivity contribution in [3.8, 4) is 0 Å². The van der Waals surface area contributed by atoms with Gasteiger partial charge >= 0.3 is 0 Å². The summed E-state index contributed by atoms with van der Waals surface area (Å²) in [6, 6.07) is 7.18. The molecule has 0 radical (unpaired) electrons. The van der Waals surface area contributed by atoms with Crippen LogP contribution in [-0.4, -0.2) is 18.6 Å². The minimum atomic E-state index is -0.500. The third-order valence-electron chi connectivity index (χ3n) is 2.93. The molecule has 1 atom stereocenters. The second-order valence-electron chi connectivity index (χ2n) is 4.94. The quantitative estimate of drug-likeness (QED) is 0.843. The van der Waals surface area contributed by atoms with Gasteiger partial charge in [-0.1, -0.05) is 12.1 Å². The van der Waals surface area contributed by atoms with Crippen LogP contribution in [0, 0.1) is 5.92 Å². The molecule has 5 heteroatoms. The SMILES string of the molecule is C[C@@H](N)C(=O)Nc1cccc(COCC2CC2)c1.Cl. The van der Waals surface area contributed by atoms with Crippen LogP contribution in [0.1, 0.15) is 25.3 Å². The van der Waals surface area contributed by atoms with Crippen molar-refractivity contribution in [3.63, 3.8) is 0 Å². The first kappa shape index (κ1) is 16.0. The number of nitrogens with one attached hydrogen (secondary N) is 1. The highest BCUT2D eigenvalue weighted by molar-refractivity contribution is 5.94. The van der Waals surface area contributed by atoms with Gasteiger partial charge in [0.1, 0.15) is 0 Å². The number of anilines is 1. The Bertz CT molecular complexity index is 420. The molecule has 0 spiro atoms. The molecule has 19 heavy (non-hydrogen) atoms. The summed E-state index contributed by atoms with van der Waals surface area (Å²) in [5.41, 5.74) is 7.34. The van der Waals surface area contributed by atoms with E-state index in [1.807, 2.05) is 24.3 Å². The maximum absolute atomic E-state index is 11.5. The molecule has 2 rings (SSSR count). The number of hydrogen-bond acceptors (Lipinski definition) is 3. The average molecular weight is 285 g/mol. The largest absolute Gasteiger partial charge is 0.376 e. The zero-order valence-electron chi connectivity index (χ0n) is 11.1. The van der Waals surface area contributed by atoms with Crippen LogP contribution in [0.3, 0.4) is 0 Å². The average Bonchev–Trinajstić information content (AvgIpc) is 3.13. The third kappa shape index (κ3) is 5.59. The molecule has 1 aliphatic rings. The van der Waals surface area contributed by atoms with E-state index >= 15 is 0 Å². The number of rotatable bonds is 6. The van der Waals surface area contributed by atoms with E-state index in [1.54, 1.807) is 6.92 Å². The van der Waals surface area contributed by atoms with Crippen molar-refractivity contribution < 1.29 is 9.53 Å². The molecule has 1 aromatic carbocycles. The Morgan fingerprint density at radius 1 is 1.53 bits per heavy atom. The molecule has 1 aromatic rings. The van der Waals surface area contributed by atoms with Gasteiger partial charge in [0.2, 0.25) is 5.91 Å². The smallest absolute Gasteiger partial charge is 0.240 e. The van der Waals surface area contributed by atoms with Gasteiger partial charge in [0.15, 0.2) is 0 Å². The molecule has 0 bridgehead atoms. The van der Waals surface area contributed by atoms with Gasteiger partial charge in [-0.25, -0.2) is 0 Å². The number of carbonyl (C=O) groups excluding carboxylic acids is 1. The Morgan fingerprint density at radius 3 is 2.89 bits per heavy atom. The van der Waals surface area contributed by atoms with E-state index in [0.29, 0.717) is 6.61 Å². The topological polar surface area (TPSA) is 64.4 Å². The summed E-state index contributed by atoms with van der Waals surface area (Å²) in [5.74, 6) is 0.594. The summed E-state index contributed by atoms with van der Waals surface area (Å²) in [6.45, 7) is 3.10. The summed E-state index contributed by atoms with van der Waals surface area (Å²) < 4.78 is 5.61. The van der Waals surface area contributed by atoms with E-state index in [9.17, 15) is 4.79 Å². The second-order valence-corrected chi connectivity index (χ2v) is 4.94. The highest BCUT2D eigenvalue weighted by atomic mass is 35.5. The van der Waals surface area contributed by atoms with Crippen molar-refractivity contribution in [2.24, 2.45) is 11.7 Å². The number of benzene rings is 1. The molecule has 0 saturated heterocycles. The van der Waals surface area contributed by atoms with Crippen LogP contribution in [-0.2, 0) is 16.1 Å². The van der Waals surface area contributed by atoms with Crippen molar-refractivity contribution >= 4 is 24.0 Å².